The van der Waals surface area contributed by atoms with E-state index in [1.54, 1.807) is 5.94 Å². The van der Waals surface area contributed by atoms with Gasteiger partial charge in [-0.25, -0.2) is 4.79 Å². The van der Waals surface area contributed by atoms with Crippen LogP contribution in [0.1, 0.15) is 13.8 Å². The molecule has 2 N–H and O–H groups in total. The fraction of sp³-hybridized carbons (Fsp3) is 0.750. The van der Waals surface area contributed by atoms with Crippen molar-refractivity contribution in [2.45, 2.75) is 26.0 Å². The third kappa shape index (κ3) is 1.51. The van der Waals surface area contributed by atoms with Crippen LogP contribution in [0.4, 0.5) is 0 Å². The highest BCUT2D eigenvalue weighted by Crippen LogP contribution is 2.17. The van der Waals surface area contributed by atoms with Crippen LogP contribution >= 0.6 is 0 Å². The van der Waals surface area contributed by atoms with Crippen molar-refractivity contribution in [1.82, 2.24) is 5.32 Å². The normalized spacial score (nSPS) is 38.5. The predicted molar refractivity (Wildman–Crippen MR) is 41.8 cm³/mol. The van der Waals surface area contributed by atoms with Gasteiger partial charge < -0.3 is 10.4 Å². The van der Waals surface area contributed by atoms with Crippen molar-refractivity contribution in [3.8, 4) is 0 Å². The molecule has 0 saturated carbocycles. The Balaban J connectivity index is 2.80. The summed E-state index contributed by atoms with van der Waals surface area (Å²) in [6.45, 7) is 4.52. The van der Waals surface area contributed by atoms with Gasteiger partial charge in [0.1, 0.15) is 5.94 Å². The molecule has 11 heavy (non-hydrogen) atoms. The molecule has 0 radical (unpaired) electrons. The standard InChI is InChI=1S/C8H13NO2/c1-5-3-9-6(2)7(4-10)8(5)11/h5-6,8-9,11H,3H2,1-2H3. The molecular weight excluding hydrogens is 142 g/mol. The molecular formula is C8H13NO2. The number of carbonyl (C=O) groups excluding carboxylic acids is 1. The fourth-order valence-electron chi connectivity index (χ4n) is 1.30. The first-order valence-electron chi connectivity index (χ1n) is 3.83. The van der Waals surface area contributed by atoms with Gasteiger partial charge in [0.2, 0.25) is 0 Å². The minimum atomic E-state index is -0.608. The molecule has 3 heteroatoms. The Labute approximate surface area is 66.1 Å². The molecule has 1 rings (SSSR count). The summed E-state index contributed by atoms with van der Waals surface area (Å²) in [6, 6.07) is -0.0290. The van der Waals surface area contributed by atoms with Gasteiger partial charge in [0, 0.05) is 12.6 Å². The second-order valence-corrected chi connectivity index (χ2v) is 3.11. The summed E-state index contributed by atoms with van der Waals surface area (Å²) in [5.41, 5.74) is 0.448. The molecule has 0 aromatic heterocycles. The highest BCUT2D eigenvalue weighted by molar-refractivity contribution is 5.56. The van der Waals surface area contributed by atoms with Gasteiger partial charge in [-0.1, -0.05) is 6.92 Å². The summed E-state index contributed by atoms with van der Waals surface area (Å²) < 4.78 is 0. The maximum atomic E-state index is 10.4. The van der Waals surface area contributed by atoms with Crippen molar-refractivity contribution < 1.29 is 9.90 Å². The zero-order valence-corrected chi connectivity index (χ0v) is 6.79. The lowest BCUT2D eigenvalue weighted by Crippen LogP contribution is -2.46. The van der Waals surface area contributed by atoms with E-state index < -0.39 is 6.10 Å². The Morgan fingerprint density at radius 1 is 1.64 bits per heavy atom. The molecule has 0 spiro atoms. The smallest absolute Gasteiger partial charge is 0.127 e. The van der Waals surface area contributed by atoms with Crippen molar-refractivity contribution in [2.75, 3.05) is 6.54 Å². The third-order valence-electron chi connectivity index (χ3n) is 2.19. The molecule has 0 bridgehead atoms. The number of aliphatic hydroxyl groups is 1. The summed E-state index contributed by atoms with van der Waals surface area (Å²) in [6.07, 6.45) is -0.608. The van der Waals surface area contributed by atoms with Crippen LogP contribution in [0.5, 0.6) is 0 Å². The second-order valence-electron chi connectivity index (χ2n) is 3.11. The van der Waals surface area contributed by atoms with Crippen molar-refractivity contribution in [1.29, 1.82) is 0 Å². The van der Waals surface area contributed by atoms with E-state index in [9.17, 15) is 9.90 Å². The van der Waals surface area contributed by atoms with Crippen LogP contribution in [0.15, 0.2) is 5.57 Å². The maximum absolute atomic E-state index is 10.4. The zero-order chi connectivity index (χ0) is 8.43. The average molecular weight is 155 g/mol. The van der Waals surface area contributed by atoms with Gasteiger partial charge in [0.05, 0.1) is 11.7 Å². The van der Waals surface area contributed by atoms with E-state index in [0.717, 1.165) is 6.54 Å². The van der Waals surface area contributed by atoms with Crippen LogP contribution in [-0.2, 0) is 4.79 Å². The van der Waals surface area contributed by atoms with Crippen LogP contribution in [0.25, 0.3) is 0 Å². The average Bonchev–Trinajstić information content (AvgIpc) is 1.99. The van der Waals surface area contributed by atoms with Crippen molar-refractivity contribution in [2.24, 2.45) is 5.92 Å². The lowest BCUT2D eigenvalue weighted by atomic mass is 9.90. The SMILES string of the molecule is CC1NCC(C)C(O)C1=C=O. The van der Waals surface area contributed by atoms with Crippen LogP contribution < -0.4 is 5.32 Å². The molecule has 3 atom stereocenters. The van der Waals surface area contributed by atoms with Gasteiger partial charge in [-0.3, -0.25) is 0 Å². The molecule has 0 amide bonds. The fourth-order valence-corrected chi connectivity index (χ4v) is 1.30. The van der Waals surface area contributed by atoms with Crippen LogP contribution in [0, 0.1) is 5.92 Å². The molecule has 1 fully saturated rings. The van der Waals surface area contributed by atoms with Gasteiger partial charge in [-0.2, -0.15) is 0 Å². The summed E-state index contributed by atoms with van der Waals surface area (Å²) in [7, 11) is 0. The van der Waals surface area contributed by atoms with E-state index in [1.807, 2.05) is 13.8 Å². The van der Waals surface area contributed by atoms with Crippen molar-refractivity contribution in [3.05, 3.63) is 5.57 Å². The molecule has 0 aliphatic carbocycles. The zero-order valence-electron chi connectivity index (χ0n) is 6.79. The van der Waals surface area contributed by atoms with Gasteiger partial charge in [-0.05, 0) is 12.8 Å². The van der Waals surface area contributed by atoms with Crippen LogP contribution in [-0.4, -0.2) is 29.7 Å². The second kappa shape index (κ2) is 3.18. The quantitative estimate of drug-likeness (QED) is 0.473. The Morgan fingerprint density at radius 3 is 2.73 bits per heavy atom. The van der Waals surface area contributed by atoms with Crippen LogP contribution in [0.3, 0.4) is 0 Å². The topological polar surface area (TPSA) is 49.3 Å². The number of aliphatic hydroxyl groups excluding tert-OH is 1. The molecule has 1 saturated heterocycles. The van der Waals surface area contributed by atoms with Gasteiger partial charge in [0.15, 0.2) is 0 Å². The van der Waals surface area contributed by atoms with Crippen molar-refractivity contribution in [3.63, 3.8) is 0 Å². The molecule has 1 heterocycles. The number of nitrogens with one attached hydrogen (secondary N) is 1. The number of hydrogen-bond acceptors (Lipinski definition) is 3. The molecule has 62 valence electrons. The molecule has 0 aromatic rings. The molecule has 1 aliphatic rings. The lowest BCUT2D eigenvalue weighted by molar-refractivity contribution is 0.123. The Kier molecular flexibility index (Phi) is 2.45. The first-order chi connectivity index (χ1) is 5.16. The third-order valence-corrected chi connectivity index (χ3v) is 2.19. The summed E-state index contributed by atoms with van der Waals surface area (Å²) in [5.74, 6) is 1.90. The van der Waals surface area contributed by atoms with E-state index >= 15 is 0 Å². The van der Waals surface area contributed by atoms with Crippen molar-refractivity contribution >= 4 is 5.94 Å². The molecule has 3 unspecified atom stereocenters. The maximum Gasteiger partial charge on any atom is 0.127 e. The van der Waals surface area contributed by atoms with E-state index in [2.05, 4.69) is 5.32 Å². The predicted octanol–water partition coefficient (Wildman–Crippen LogP) is -0.267. The van der Waals surface area contributed by atoms with E-state index in [0.29, 0.717) is 5.57 Å². The van der Waals surface area contributed by atoms with Crippen LogP contribution in [0.2, 0.25) is 0 Å². The van der Waals surface area contributed by atoms with Gasteiger partial charge in [0.25, 0.3) is 0 Å². The molecule has 1 aliphatic heterocycles. The minimum Gasteiger partial charge on any atom is -0.388 e. The molecule has 0 aromatic carbocycles. The highest BCUT2D eigenvalue weighted by Gasteiger charge is 2.28. The monoisotopic (exact) mass is 155 g/mol. The Morgan fingerprint density at radius 2 is 2.27 bits per heavy atom. The van der Waals surface area contributed by atoms with E-state index in [-0.39, 0.29) is 12.0 Å². The molecule has 3 nitrogen and oxygen atoms in total. The largest absolute Gasteiger partial charge is 0.388 e. The Hall–Kier alpha value is -0.630. The Bertz CT molecular complexity index is 196. The van der Waals surface area contributed by atoms with E-state index in [1.165, 1.54) is 0 Å². The van der Waals surface area contributed by atoms with Gasteiger partial charge >= 0.3 is 0 Å². The summed E-state index contributed by atoms with van der Waals surface area (Å²) in [5, 5.41) is 12.6. The highest BCUT2D eigenvalue weighted by atomic mass is 16.3. The first kappa shape index (κ1) is 8.47. The number of hydrogen-bond donors (Lipinski definition) is 2. The van der Waals surface area contributed by atoms with E-state index in [4.69, 9.17) is 0 Å². The minimum absolute atomic E-state index is 0.0290. The summed E-state index contributed by atoms with van der Waals surface area (Å²) in [4.78, 5) is 10.4. The first-order valence-corrected chi connectivity index (χ1v) is 3.83. The summed E-state index contributed by atoms with van der Waals surface area (Å²) >= 11 is 0. The number of piperidine rings is 1. The number of rotatable bonds is 0. The van der Waals surface area contributed by atoms with Gasteiger partial charge in [-0.15, -0.1) is 0 Å². The lowest BCUT2D eigenvalue weighted by Gasteiger charge is -2.30.